The largest absolute Gasteiger partial charge is 0.425 e. The number of halogens is 1. The lowest BCUT2D eigenvalue weighted by molar-refractivity contribution is -0.0651. The van der Waals surface area contributed by atoms with Gasteiger partial charge < -0.3 is 25.4 Å². The molecule has 0 saturated heterocycles. The van der Waals surface area contributed by atoms with Crippen molar-refractivity contribution in [2.75, 3.05) is 23.0 Å². The SMILES string of the molecule is CNc1nccc(CNc2ccccc2C(=O)Nc2ccc3c(c2)OC(F)O3)n1. The van der Waals surface area contributed by atoms with E-state index in [9.17, 15) is 9.18 Å². The molecule has 0 aliphatic carbocycles. The Morgan fingerprint density at radius 2 is 1.97 bits per heavy atom. The number of para-hydroxylation sites is 1. The minimum absolute atomic E-state index is 0.241. The van der Waals surface area contributed by atoms with Gasteiger partial charge in [-0.25, -0.2) is 9.97 Å². The highest BCUT2D eigenvalue weighted by molar-refractivity contribution is 6.08. The van der Waals surface area contributed by atoms with E-state index in [-0.39, 0.29) is 11.7 Å². The fourth-order valence-electron chi connectivity index (χ4n) is 2.83. The Morgan fingerprint density at radius 3 is 2.83 bits per heavy atom. The van der Waals surface area contributed by atoms with Gasteiger partial charge in [0.2, 0.25) is 5.95 Å². The van der Waals surface area contributed by atoms with Crippen molar-refractivity contribution in [3.63, 3.8) is 0 Å². The first-order valence-corrected chi connectivity index (χ1v) is 8.88. The van der Waals surface area contributed by atoms with E-state index in [1.54, 1.807) is 43.6 Å². The maximum atomic E-state index is 13.1. The van der Waals surface area contributed by atoms with Gasteiger partial charge in [0.25, 0.3) is 5.91 Å². The van der Waals surface area contributed by atoms with Crippen LogP contribution in [0.5, 0.6) is 11.5 Å². The minimum Gasteiger partial charge on any atom is -0.425 e. The van der Waals surface area contributed by atoms with Crippen molar-refractivity contribution < 1.29 is 18.7 Å². The van der Waals surface area contributed by atoms with Crippen molar-refractivity contribution in [2.24, 2.45) is 0 Å². The summed E-state index contributed by atoms with van der Waals surface area (Å²) in [7, 11) is 1.75. The van der Waals surface area contributed by atoms with E-state index < -0.39 is 6.54 Å². The number of hydrogen-bond donors (Lipinski definition) is 3. The van der Waals surface area contributed by atoms with Crippen molar-refractivity contribution in [1.29, 1.82) is 0 Å². The Labute approximate surface area is 166 Å². The summed E-state index contributed by atoms with van der Waals surface area (Å²) < 4.78 is 22.9. The van der Waals surface area contributed by atoms with Crippen molar-refractivity contribution in [2.45, 2.75) is 13.1 Å². The Kier molecular flexibility index (Phi) is 5.10. The lowest BCUT2D eigenvalue weighted by Crippen LogP contribution is -2.15. The van der Waals surface area contributed by atoms with Gasteiger partial charge in [0.1, 0.15) is 0 Å². The van der Waals surface area contributed by atoms with E-state index in [0.717, 1.165) is 5.69 Å². The standard InChI is InChI=1S/C20H18FN5O3/c1-22-20-23-9-8-13(26-20)11-24-15-5-3-2-4-14(15)18(27)25-12-6-7-16-17(10-12)29-19(21)28-16/h2-10,19,24H,11H2,1H3,(H,25,27)(H,22,23,26). The topological polar surface area (TPSA) is 97.4 Å². The number of hydrogen-bond acceptors (Lipinski definition) is 7. The van der Waals surface area contributed by atoms with Crippen LogP contribution in [-0.2, 0) is 6.54 Å². The van der Waals surface area contributed by atoms with Crippen molar-refractivity contribution in [1.82, 2.24) is 9.97 Å². The number of nitrogens with one attached hydrogen (secondary N) is 3. The van der Waals surface area contributed by atoms with Crippen LogP contribution in [0, 0.1) is 0 Å². The first-order valence-electron chi connectivity index (χ1n) is 8.88. The monoisotopic (exact) mass is 395 g/mol. The summed E-state index contributed by atoms with van der Waals surface area (Å²) in [5.74, 6) is 0.741. The molecular formula is C20H18FN5O3. The number of rotatable bonds is 6. The average Bonchev–Trinajstić information content (AvgIpc) is 3.12. The highest BCUT2D eigenvalue weighted by Gasteiger charge is 2.23. The molecule has 29 heavy (non-hydrogen) atoms. The molecule has 2 aromatic carbocycles. The van der Waals surface area contributed by atoms with E-state index in [1.807, 2.05) is 12.1 Å². The number of aromatic nitrogens is 2. The van der Waals surface area contributed by atoms with Crippen LogP contribution in [0.1, 0.15) is 16.1 Å². The van der Waals surface area contributed by atoms with Gasteiger partial charge in [-0.15, -0.1) is 0 Å². The van der Waals surface area contributed by atoms with Crippen molar-refractivity contribution in [3.8, 4) is 11.5 Å². The second-order valence-electron chi connectivity index (χ2n) is 6.15. The van der Waals surface area contributed by atoms with Crippen LogP contribution in [0.15, 0.2) is 54.7 Å². The van der Waals surface area contributed by atoms with Gasteiger partial charge >= 0.3 is 6.54 Å². The highest BCUT2D eigenvalue weighted by Crippen LogP contribution is 2.37. The van der Waals surface area contributed by atoms with Gasteiger partial charge in [0, 0.05) is 30.7 Å². The van der Waals surface area contributed by atoms with E-state index in [0.29, 0.717) is 35.2 Å². The van der Waals surface area contributed by atoms with Gasteiger partial charge in [-0.2, -0.15) is 4.39 Å². The number of amides is 1. The van der Waals surface area contributed by atoms with Crippen LogP contribution in [-0.4, -0.2) is 29.5 Å². The average molecular weight is 395 g/mol. The molecule has 148 valence electrons. The van der Waals surface area contributed by atoms with Gasteiger partial charge in [-0.1, -0.05) is 12.1 Å². The van der Waals surface area contributed by atoms with Crippen LogP contribution >= 0.6 is 0 Å². The summed E-state index contributed by atoms with van der Waals surface area (Å²) in [6, 6.07) is 13.6. The third kappa shape index (κ3) is 4.18. The maximum absolute atomic E-state index is 13.1. The Balaban J connectivity index is 1.47. The molecule has 0 bridgehead atoms. The highest BCUT2D eigenvalue weighted by atomic mass is 19.2. The van der Waals surface area contributed by atoms with Crippen LogP contribution in [0.4, 0.5) is 21.7 Å². The van der Waals surface area contributed by atoms with Crippen LogP contribution in [0.3, 0.4) is 0 Å². The van der Waals surface area contributed by atoms with Crippen molar-refractivity contribution >= 4 is 23.2 Å². The Hall–Kier alpha value is -3.88. The molecule has 0 radical (unpaired) electrons. The molecule has 0 spiro atoms. The normalized spacial score (nSPS) is 14.3. The first kappa shape index (κ1) is 18.5. The molecule has 1 atom stereocenters. The maximum Gasteiger partial charge on any atom is 0.397 e. The van der Waals surface area contributed by atoms with Gasteiger partial charge in [-0.05, 0) is 30.3 Å². The zero-order valence-corrected chi connectivity index (χ0v) is 15.5. The van der Waals surface area contributed by atoms with Crippen LogP contribution in [0.2, 0.25) is 0 Å². The molecular weight excluding hydrogens is 377 g/mol. The fourth-order valence-corrected chi connectivity index (χ4v) is 2.83. The molecule has 3 aromatic rings. The molecule has 4 rings (SSSR count). The first-order chi connectivity index (χ1) is 14.1. The summed E-state index contributed by atoms with van der Waals surface area (Å²) in [5, 5.41) is 8.90. The predicted octanol–water partition coefficient (Wildman–Crippen LogP) is 3.41. The second-order valence-corrected chi connectivity index (χ2v) is 6.15. The number of carbonyl (C=O) groups is 1. The van der Waals surface area contributed by atoms with E-state index in [4.69, 9.17) is 9.47 Å². The summed E-state index contributed by atoms with van der Waals surface area (Å²) in [6.07, 6.45) is 1.66. The molecule has 3 N–H and O–H groups in total. The number of fused-ring (bicyclic) bond motifs is 1. The van der Waals surface area contributed by atoms with Gasteiger partial charge in [-0.3, -0.25) is 4.79 Å². The molecule has 0 saturated carbocycles. The van der Waals surface area contributed by atoms with E-state index >= 15 is 0 Å². The van der Waals surface area contributed by atoms with Crippen LogP contribution in [0.25, 0.3) is 0 Å². The molecule has 1 aliphatic heterocycles. The lowest BCUT2D eigenvalue weighted by atomic mass is 10.1. The summed E-state index contributed by atoms with van der Waals surface area (Å²) in [4.78, 5) is 21.2. The number of benzene rings is 2. The molecule has 1 aliphatic rings. The number of carbonyl (C=O) groups excluding carboxylic acids is 1. The van der Waals surface area contributed by atoms with Gasteiger partial charge in [0.05, 0.1) is 17.8 Å². The van der Waals surface area contributed by atoms with E-state index in [1.165, 1.54) is 6.07 Å². The predicted molar refractivity (Wildman–Crippen MR) is 106 cm³/mol. The summed E-state index contributed by atoms with van der Waals surface area (Å²) in [6.45, 7) is -1.41. The summed E-state index contributed by atoms with van der Waals surface area (Å²) >= 11 is 0. The minimum atomic E-state index is -1.83. The van der Waals surface area contributed by atoms with Crippen molar-refractivity contribution in [3.05, 3.63) is 66.0 Å². The molecule has 0 fully saturated rings. The third-order valence-electron chi connectivity index (χ3n) is 4.21. The molecule has 9 heteroatoms. The quantitative estimate of drug-likeness (QED) is 0.588. The number of ether oxygens (including phenoxy) is 2. The molecule has 1 aromatic heterocycles. The Bertz CT molecular complexity index is 1050. The summed E-state index contributed by atoms with van der Waals surface area (Å²) in [5.41, 5.74) is 2.35. The molecule has 1 unspecified atom stereocenters. The molecule has 8 nitrogen and oxygen atoms in total. The molecule has 1 amide bonds. The van der Waals surface area contributed by atoms with Crippen LogP contribution < -0.4 is 25.4 Å². The smallest absolute Gasteiger partial charge is 0.397 e. The lowest BCUT2D eigenvalue weighted by Gasteiger charge is -2.12. The van der Waals surface area contributed by atoms with Gasteiger partial charge in [0.15, 0.2) is 11.5 Å². The number of anilines is 3. The number of nitrogens with zero attached hydrogens (tertiary/aromatic N) is 2. The fraction of sp³-hybridized carbons (Fsp3) is 0.150. The van der Waals surface area contributed by atoms with E-state index in [2.05, 4.69) is 25.9 Å². The Morgan fingerprint density at radius 1 is 1.14 bits per heavy atom. The second kappa shape index (κ2) is 8.01. The third-order valence-corrected chi connectivity index (χ3v) is 4.21. The zero-order valence-electron chi connectivity index (χ0n) is 15.5. The molecule has 2 heterocycles. The number of alkyl halides is 1. The zero-order chi connectivity index (χ0) is 20.2.